The Balaban J connectivity index is 2.78. The first-order valence-corrected chi connectivity index (χ1v) is 5.61. The van der Waals surface area contributed by atoms with Gasteiger partial charge in [0.15, 0.2) is 0 Å². The van der Waals surface area contributed by atoms with E-state index in [2.05, 4.69) is 5.92 Å². The van der Waals surface area contributed by atoms with Crippen LogP contribution in [0.2, 0.25) is 0 Å². The van der Waals surface area contributed by atoms with Gasteiger partial charge in [0.1, 0.15) is 0 Å². The predicted octanol–water partition coefficient (Wildman–Crippen LogP) is 2.30. The second-order valence-corrected chi connectivity index (χ2v) is 3.87. The Morgan fingerprint density at radius 1 is 1.41 bits per heavy atom. The molecule has 1 rings (SSSR count). The van der Waals surface area contributed by atoms with Gasteiger partial charge in [-0.1, -0.05) is 18.2 Å². The number of aryl methyl sites for hydroxylation is 1. The molecule has 90 valence electrons. The minimum absolute atomic E-state index is 0.124. The van der Waals surface area contributed by atoms with Crippen molar-refractivity contribution in [2.75, 3.05) is 18.0 Å². The summed E-state index contributed by atoms with van der Waals surface area (Å²) in [6.45, 7) is 3.19. The minimum Gasteiger partial charge on any atom is -0.481 e. The monoisotopic (exact) mass is 231 g/mol. The van der Waals surface area contributed by atoms with Gasteiger partial charge in [-0.05, 0) is 18.6 Å². The third-order valence-electron chi connectivity index (χ3n) is 2.58. The highest BCUT2D eigenvalue weighted by molar-refractivity contribution is 5.68. The lowest BCUT2D eigenvalue weighted by Gasteiger charge is -2.25. The molecule has 0 spiro atoms. The molecule has 1 aromatic carbocycles. The third-order valence-corrected chi connectivity index (χ3v) is 2.58. The maximum absolute atomic E-state index is 10.6. The van der Waals surface area contributed by atoms with E-state index in [0.717, 1.165) is 11.3 Å². The number of anilines is 1. The Morgan fingerprint density at radius 3 is 2.71 bits per heavy atom. The van der Waals surface area contributed by atoms with E-state index in [1.165, 1.54) is 0 Å². The summed E-state index contributed by atoms with van der Waals surface area (Å²) in [5.74, 6) is 1.80. The van der Waals surface area contributed by atoms with Crippen LogP contribution in [0.3, 0.4) is 0 Å². The second kappa shape index (κ2) is 6.59. The number of benzene rings is 1. The van der Waals surface area contributed by atoms with E-state index in [1.807, 2.05) is 36.1 Å². The normalized spacial score (nSPS) is 9.65. The van der Waals surface area contributed by atoms with Crippen molar-refractivity contribution in [3.8, 4) is 12.3 Å². The SMILES string of the molecule is C#CCCN(CCC(=O)O)c1ccccc1C. The zero-order valence-electron chi connectivity index (χ0n) is 10.0. The Kier molecular flexibility index (Phi) is 5.09. The molecule has 1 N–H and O–H groups in total. The molecule has 0 unspecified atom stereocenters. The lowest BCUT2D eigenvalue weighted by molar-refractivity contribution is -0.136. The number of rotatable bonds is 6. The highest BCUT2D eigenvalue weighted by atomic mass is 16.4. The summed E-state index contributed by atoms with van der Waals surface area (Å²) in [6, 6.07) is 7.92. The zero-order chi connectivity index (χ0) is 12.7. The smallest absolute Gasteiger partial charge is 0.305 e. The topological polar surface area (TPSA) is 40.5 Å². The molecule has 0 saturated carbocycles. The highest BCUT2D eigenvalue weighted by Gasteiger charge is 2.09. The molecule has 0 aliphatic carbocycles. The fraction of sp³-hybridized carbons (Fsp3) is 0.357. The van der Waals surface area contributed by atoms with Crippen LogP contribution in [0.5, 0.6) is 0 Å². The summed E-state index contributed by atoms with van der Waals surface area (Å²) in [7, 11) is 0. The molecule has 0 aliphatic heterocycles. The number of carboxylic acids is 1. The van der Waals surface area contributed by atoms with E-state index in [9.17, 15) is 4.79 Å². The summed E-state index contributed by atoms with van der Waals surface area (Å²) < 4.78 is 0. The summed E-state index contributed by atoms with van der Waals surface area (Å²) in [5.41, 5.74) is 2.19. The highest BCUT2D eigenvalue weighted by Crippen LogP contribution is 2.19. The summed E-state index contributed by atoms with van der Waals surface area (Å²) in [5, 5.41) is 8.74. The number of terminal acetylenes is 1. The van der Waals surface area contributed by atoms with Crippen LogP contribution in [0.15, 0.2) is 24.3 Å². The first-order chi connectivity index (χ1) is 8.15. The molecule has 0 amide bonds. The van der Waals surface area contributed by atoms with Crippen molar-refractivity contribution in [1.82, 2.24) is 0 Å². The van der Waals surface area contributed by atoms with Crippen molar-refractivity contribution in [1.29, 1.82) is 0 Å². The number of aliphatic carboxylic acids is 1. The van der Waals surface area contributed by atoms with Gasteiger partial charge in [-0.3, -0.25) is 4.79 Å². The van der Waals surface area contributed by atoms with Crippen LogP contribution in [0.1, 0.15) is 18.4 Å². The van der Waals surface area contributed by atoms with Gasteiger partial charge in [0, 0.05) is 25.2 Å². The maximum atomic E-state index is 10.6. The van der Waals surface area contributed by atoms with E-state index in [1.54, 1.807) is 0 Å². The van der Waals surface area contributed by atoms with E-state index >= 15 is 0 Å². The van der Waals surface area contributed by atoms with Crippen LogP contribution in [-0.2, 0) is 4.79 Å². The van der Waals surface area contributed by atoms with Crippen LogP contribution < -0.4 is 4.90 Å². The largest absolute Gasteiger partial charge is 0.481 e. The Labute approximate surface area is 102 Å². The molecule has 0 saturated heterocycles. The van der Waals surface area contributed by atoms with Crippen molar-refractivity contribution in [2.45, 2.75) is 19.8 Å². The van der Waals surface area contributed by atoms with Gasteiger partial charge in [-0.2, -0.15) is 0 Å². The fourth-order valence-corrected chi connectivity index (χ4v) is 1.70. The van der Waals surface area contributed by atoms with E-state index in [-0.39, 0.29) is 6.42 Å². The number of nitrogens with zero attached hydrogens (tertiary/aromatic N) is 1. The first-order valence-electron chi connectivity index (χ1n) is 5.61. The molecule has 0 aliphatic rings. The van der Waals surface area contributed by atoms with Gasteiger partial charge in [0.25, 0.3) is 0 Å². The molecule has 0 aromatic heterocycles. The molecule has 0 atom stereocenters. The molecule has 0 bridgehead atoms. The number of hydrogen-bond donors (Lipinski definition) is 1. The molecule has 0 heterocycles. The number of carboxylic acid groups (broad SMARTS) is 1. The van der Waals surface area contributed by atoms with Crippen LogP contribution in [-0.4, -0.2) is 24.2 Å². The van der Waals surface area contributed by atoms with Crippen LogP contribution in [0, 0.1) is 19.3 Å². The maximum Gasteiger partial charge on any atom is 0.305 e. The van der Waals surface area contributed by atoms with Crippen molar-refractivity contribution < 1.29 is 9.90 Å². The Bertz CT molecular complexity index is 420. The van der Waals surface area contributed by atoms with Crippen molar-refractivity contribution in [3.05, 3.63) is 29.8 Å². The summed E-state index contributed by atoms with van der Waals surface area (Å²) in [6.07, 6.45) is 6.00. The van der Waals surface area contributed by atoms with Crippen molar-refractivity contribution in [3.63, 3.8) is 0 Å². The molecule has 0 fully saturated rings. The average Bonchev–Trinajstić information content (AvgIpc) is 2.30. The molecule has 3 heteroatoms. The van der Waals surface area contributed by atoms with Gasteiger partial charge in [0.2, 0.25) is 0 Å². The van der Waals surface area contributed by atoms with E-state index < -0.39 is 5.97 Å². The molecule has 3 nitrogen and oxygen atoms in total. The van der Waals surface area contributed by atoms with Crippen molar-refractivity contribution in [2.24, 2.45) is 0 Å². The van der Waals surface area contributed by atoms with E-state index in [0.29, 0.717) is 19.5 Å². The minimum atomic E-state index is -0.788. The number of carbonyl (C=O) groups is 1. The second-order valence-electron chi connectivity index (χ2n) is 3.87. The molecular weight excluding hydrogens is 214 g/mol. The van der Waals surface area contributed by atoms with Crippen LogP contribution >= 0.6 is 0 Å². The standard InChI is InChI=1S/C14H17NO2/c1-3-4-10-15(11-9-14(16)17)13-8-6-5-7-12(13)2/h1,5-8H,4,9-11H2,2H3,(H,16,17). The average molecular weight is 231 g/mol. The molecular formula is C14H17NO2. The lowest BCUT2D eigenvalue weighted by atomic mass is 10.1. The predicted molar refractivity (Wildman–Crippen MR) is 69.1 cm³/mol. The number of para-hydroxylation sites is 1. The fourth-order valence-electron chi connectivity index (χ4n) is 1.70. The van der Waals surface area contributed by atoms with Crippen molar-refractivity contribution >= 4 is 11.7 Å². The van der Waals surface area contributed by atoms with E-state index in [4.69, 9.17) is 11.5 Å². The molecule has 0 radical (unpaired) electrons. The molecule has 17 heavy (non-hydrogen) atoms. The van der Waals surface area contributed by atoms with Gasteiger partial charge in [-0.15, -0.1) is 12.3 Å². The quantitative estimate of drug-likeness (QED) is 0.764. The Morgan fingerprint density at radius 2 is 2.12 bits per heavy atom. The zero-order valence-corrected chi connectivity index (χ0v) is 10.0. The van der Waals surface area contributed by atoms with Gasteiger partial charge in [-0.25, -0.2) is 0 Å². The third kappa shape index (κ3) is 4.20. The van der Waals surface area contributed by atoms with Crippen LogP contribution in [0.25, 0.3) is 0 Å². The molecule has 1 aromatic rings. The summed E-state index contributed by atoms with van der Waals surface area (Å²) >= 11 is 0. The van der Waals surface area contributed by atoms with Crippen LogP contribution in [0.4, 0.5) is 5.69 Å². The van der Waals surface area contributed by atoms with Gasteiger partial charge >= 0.3 is 5.97 Å². The lowest BCUT2D eigenvalue weighted by Crippen LogP contribution is -2.27. The number of hydrogen-bond acceptors (Lipinski definition) is 2. The van der Waals surface area contributed by atoms with Gasteiger partial charge in [0.05, 0.1) is 6.42 Å². The summed E-state index contributed by atoms with van der Waals surface area (Å²) in [4.78, 5) is 12.7. The Hall–Kier alpha value is -1.95. The first kappa shape index (κ1) is 13.1. The van der Waals surface area contributed by atoms with Gasteiger partial charge < -0.3 is 10.0 Å².